The Bertz CT molecular complexity index is 1440. The molecule has 174 valence electrons. The minimum atomic E-state index is -4.05. The fourth-order valence-corrected chi connectivity index (χ4v) is 4.94. The zero-order valence-electron chi connectivity index (χ0n) is 18.7. The van der Waals surface area contributed by atoms with Crippen molar-refractivity contribution in [3.8, 4) is 11.4 Å². The van der Waals surface area contributed by atoms with E-state index < -0.39 is 28.0 Å². The van der Waals surface area contributed by atoms with Gasteiger partial charge in [-0.15, -0.1) is 0 Å². The van der Waals surface area contributed by atoms with Crippen LogP contribution in [0.3, 0.4) is 0 Å². The molecule has 0 aliphatic carbocycles. The molecule has 10 heteroatoms. The van der Waals surface area contributed by atoms with E-state index in [1.54, 1.807) is 26.0 Å². The van der Waals surface area contributed by atoms with Crippen LogP contribution in [0, 0.1) is 11.8 Å². The molecule has 0 saturated heterocycles. The summed E-state index contributed by atoms with van der Waals surface area (Å²) >= 11 is 0. The highest BCUT2D eigenvalue weighted by molar-refractivity contribution is 7.89. The first-order valence-corrected chi connectivity index (χ1v) is 12.1. The first-order chi connectivity index (χ1) is 15.5. The number of benzene rings is 2. The summed E-state index contributed by atoms with van der Waals surface area (Å²) < 4.78 is 39.2. The maximum Gasteiger partial charge on any atom is 0.322 e. The fourth-order valence-electron chi connectivity index (χ4n) is 3.57. The topological polar surface area (TPSA) is 136 Å². The number of nitrogens with one attached hydrogen (secondary N) is 1. The Kier molecular flexibility index (Phi) is 5.98. The van der Waals surface area contributed by atoms with E-state index in [2.05, 4.69) is 28.7 Å². The Labute approximate surface area is 190 Å². The summed E-state index contributed by atoms with van der Waals surface area (Å²) in [6.45, 7) is 7.42. The van der Waals surface area contributed by atoms with Crippen molar-refractivity contribution in [2.45, 2.75) is 45.1 Å². The van der Waals surface area contributed by atoms with Crippen molar-refractivity contribution in [3.63, 3.8) is 0 Å². The number of nitrogens with zero attached hydrogens (tertiary/aromatic N) is 2. The van der Waals surface area contributed by atoms with Gasteiger partial charge in [-0.05, 0) is 42.2 Å². The molecule has 2 aromatic carbocycles. The quantitative estimate of drug-likeness (QED) is 0.390. The molecule has 0 radical (unpaired) electrons. The van der Waals surface area contributed by atoms with Crippen LogP contribution in [0.4, 0.5) is 0 Å². The molecule has 0 fully saturated rings. The van der Waals surface area contributed by atoms with Crippen molar-refractivity contribution in [3.05, 3.63) is 42.3 Å². The van der Waals surface area contributed by atoms with Gasteiger partial charge < -0.3 is 14.0 Å². The van der Waals surface area contributed by atoms with Gasteiger partial charge in [-0.1, -0.05) is 38.9 Å². The van der Waals surface area contributed by atoms with Crippen molar-refractivity contribution in [1.29, 1.82) is 0 Å². The molecular formula is C23H25N3O6S. The van der Waals surface area contributed by atoms with Crippen LogP contribution in [-0.4, -0.2) is 35.7 Å². The molecule has 2 N–H and O–H groups in total. The van der Waals surface area contributed by atoms with E-state index in [1.807, 2.05) is 12.1 Å². The molecular weight excluding hydrogens is 446 g/mol. The van der Waals surface area contributed by atoms with Gasteiger partial charge in [0.25, 0.3) is 0 Å². The molecule has 9 nitrogen and oxygen atoms in total. The lowest BCUT2D eigenvalue weighted by atomic mass is 10.1. The van der Waals surface area contributed by atoms with Crippen LogP contribution < -0.4 is 4.72 Å². The molecule has 1 atom stereocenters. The molecule has 0 saturated carbocycles. The van der Waals surface area contributed by atoms with Gasteiger partial charge in [0.05, 0.1) is 4.90 Å². The van der Waals surface area contributed by atoms with Crippen LogP contribution in [0.25, 0.3) is 33.3 Å². The number of rotatable bonds is 8. The average molecular weight is 472 g/mol. The van der Waals surface area contributed by atoms with Gasteiger partial charge in [-0.25, -0.2) is 8.42 Å². The lowest BCUT2D eigenvalue weighted by molar-refractivity contribution is -0.140. The zero-order valence-corrected chi connectivity index (χ0v) is 19.5. The number of carboxylic acid groups (broad SMARTS) is 1. The van der Waals surface area contributed by atoms with Gasteiger partial charge in [0.15, 0.2) is 0 Å². The Morgan fingerprint density at radius 3 is 2.48 bits per heavy atom. The standard InChI is InChI=1S/C23H25N3O6S/c1-12(2)9-20-24-22(25-32-20)14-5-7-16-17-11-15(6-8-18(17)31-19(16)10-14)33(29,30)26-21(13(3)4)23(27)28/h5-8,10-13,21,26H,9H2,1-4H3,(H,27,28)/t21-/m1/s1. The molecule has 0 bridgehead atoms. The summed E-state index contributed by atoms with van der Waals surface area (Å²) in [5, 5.41) is 14.7. The smallest absolute Gasteiger partial charge is 0.322 e. The number of hydrogen-bond acceptors (Lipinski definition) is 7. The summed E-state index contributed by atoms with van der Waals surface area (Å²) in [6, 6.07) is 8.62. The second-order valence-electron chi connectivity index (χ2n) is 8.76. The molecule has 2 aromatic heterocycles. The summed E-state index contributed by atoms with van der Waals surface area (Å²) in [4.78, 5) is 15.8. The van der Waals surface area contributed by atoms with Crippen molar-refractivity contribution in [2.75, 3.05) is 0 Å². The first kappa shape index (κ1) is 22.9. The second-order valence-corrected chi connectivity index (χ2v) is 10.5. The van der Waals surface area contributed by atoms with E-state index in [0.717, 1.165) is 10.9 Å². The predicted octanol–water partition coefficient (Wildman–Crippen LogP) is 4.22. The Morgan fingerprint density at radius 1 is 1.06 bits per heavy atom. The normalized spacial score (nSPS) is 13.4. The number of carboxylic acids is 1. The molecule has 4 aromatic rings. The largest absolute Gasteiger partial charge is 0.480 e. The summed E-state index contributed by atoms with van der Waals surface area (Å²) in [6.07, 6.45) is 0.685. The Hall–Kier alpha value is -3.24. The molecule has 33 heavy (non-hydrogen) atoms. The van der Waals surface area contributed by atoms with E-state index in [9.17, 15) is 18.3 Å². The number of carbonyl (C=O) groups is 1. The van der Waals surface area contributed by atoms with E-state index >= 15 is 0 Å². The Balaban J connectivity index is 1.70. The Morgan fingerprint density at radius 2 is 1.82 bits per heavy atom. The minimum Gasteiger partial charge on any atom is -0.480 e. The fraction of sp³-hybridized carbons (Fsp3) is 0.348. The average Bonchev–Trinajstić information content (AvgIpc) is 3.34. The van der Waals surface area contributed by atoms with Crippen molar-refractivity contribution in [2.24, 2.45) is 11.8 Å². The minimum absolute atomic E-state index is 0.0369. The number of sulfonamides is 1. The van der Waals surface area contributed by atoms with Crippen LogP contribution in [0.2, 0.25) is 0 Å². The van der Waals surface area contributed by atoms with Gasteiger partial charge in [-0.3, -0.25) is 4.79 Å². The highest BCUT2D eigenvalue weighted by Crippen LogP contribution is 2.33. The lowest BCUT2D eigenvalue weighted by Gasteiger charge is -2.17. The summed E-state index contributed by atoms with van der Waals surface area (Å²) in [5.41, 5.74) is 1.77. The maximum absolute atomic E-state index is 12.8. The monoisotopic (exact) mass is 471 g/mol. The van der Waals surface area contributed by atoms with Gasteiger partial charge in [-0.2, -0.15) is 9.71 Å². The molecule has 4 rings (SSSR count). The van der Waals surface area contributed by atoms with Gasteiger partial charge in [0, 0.05) is 22.8 Å². The van der Waals surface area contributed by atoms with Crippen molar-refractivity contribution >= 4 is 37.9 Å². The molecule has 0 spiro atoms. The van der Waals surface area contributed by atoms with E-state index in [-0.39, 0.29) is 4.90 Å². The molecule has 0 unspecified atom stereocenters. The van der Waals surface area contributed by atoms with E-state index in [1.165, 1.54) is 12.1 Å². The van der Waals surface area contributed by atoms with Crippen LogP contribution in [-0.2, 0) is 21.2 Å². The van der Waals surface area contributed by atoms with Crippen molar-refractivity contribution < 1.29 is 27.3 Å². The highest BCUT2D eigenvalue weighted by atomic mass is 32.2. The van der Waals surface area contributed by atoms with Gasteiger partial charge >= 0.3 is 5.97 Å². The third-order valence-electron chi connectivity index (χ3n) is 5.28. The number of fused-ring (bicyclic) bond motifs is 3. The van der Waals surface area contributed by atoms with Crippen LogP contribution in [0.1, 0.15) is 33.6 Å². The van der Waals surface area contributed by atoms with E-state index in [4.69, 9.17) is 8.94 Å². The van der Waals surface area contributed by atoms with Crippen LogP contribution >= 0.6 is 0 Å². The SMILES string of the molecule is CC(C)Cc1nc(-c2ccc3c(c2)oc2ccc(S(=O)(=O)N[C@@H](C(=O)O)C(C)C)cc23)no1. The lowest BCUT2D eigenvalue weighted by Crippen LogP contribution is -2.44. The number of furan rings is 1. The summed E-state index contributed by atoms with van der Waals surface area (Å²) in [5.74, 6) is -0.237. The zero-order chi connectivity index (χ0) is 23.9. The van der Waals surface area contributed by atoms with E-state index in [0.29, 0.717) is 40.6 Å². The third kappa shape index (κ3) is 4.62. The second kappa shape index (κ2) is 8.60. The molecule has 0 amide bonds. The summed E-state index contributed by atoms with van der Waals surface area (Å²) in [7, 11) is -4.05. The van der Waals surface area contributed by atoms with Crippen LogP contribution in [0.5, 0.6) is 0 Å². The van der Waals surface area contributed by atoms with Gasteiger partial charge in [0.2, 0.25) is 21.7 Å². The maximum atomic E-state index is 12.8. The van der Waals surface area contributed by atoms with Gasteiger partial charge in [0.1, 0.15) is 17.2 Å². The number of aliphatic carboxylic acids is 1. The third-order valence-corrected chi connectivity index (χ3v) is 6.72. The molecule has 0 aliphatic rings. The van der Waals surface area contributed by atoms with Crippen LogP contribution in [0.15, 0.2) is 50.2 Å². The molecule has 0 aliphatic heterocycles. The van der Waals surface area contributed by atoms with Crippen molar-refractivity contribution in [1.82, 2.24) is 14.9 Å². The predicted molar refractivity (Wildman–Crippen MR) is 122 cm³/mol. The first-order valence-electron chi connectivity index (χ1n) is 10.6. The number of aromatic nitrogens is 2. The number of hydrogen-bond donors (Lipinski definition) is 2. The molecule has 2 heterocycles. The highest BCUT2D eigenvalue weighted by Gasteiger charge is 2.28.